The van der Waals surface area contributed by atoms with E-state index >= 15 is 0 Å². The van der Waals surface area contributed by atoms with Gasteiger partial charge in [-0.25, -0.2) is 0 Å². The molecule has 0 aliphatic rings. The second-order valence-electron chi connectivity index (χ2n) is 4.51. The Morgan fingerprint density at radius 2 is 2.11 bits per heavy atom. The third-order valence-corrected chi connectivity index (χ3v) is 2.68. The fourth-order valence-corrected chi connectivity index (χ4v) is 1.57. The van der Waals surface area contributed by atoms with E-state index in [1.165, 1.54) is 0 Å². The molecule has 0 saturated carbocycles. The predicted molar refractivity (Wildman–Crippen MR) is 77.2 cm³/mol. The van der Waals surface area contributed by atoms with Crippen LogP contribution in [0.25, 0.3) is 0 Å². The van der Waals surface area contributed by atoms with Crippen molar-refractivity contribution in [3.63, 3.8) is 0 Å². The number of carbonyl (C=O) groups is 1. The van der Waals surface area contributed by atoms with E-state index in [1.807, 2.05) is 19.1 Å². The number of nitrogens with one attached hydrogen (secondary N) is 1. The van der Waals surface area contributed by atoms with Crippen molar-refractivity contribution in [2.45, 2.75) is 39.2 Å². The molecule has 0 aliphatic heterocycles. The molecular weight excluding hydrogens is 238 g/mol. The molecule has 19 heavy (non-hydrogen) atoms. The average Bonchev–Trinajstić information content (AvgIpc) is 2.40. The van der Waals surface area contributed by atoms with Crippen LogP contribution in [-0.2, 0) is 0 Å². The zero-order valence-electron chi connectivity index (χ0n) is 11.6. The number of benzene rings is 1. The Morgan fingerprint density at radius 1 is 1.42 bits per heavy atom. The maximum Gasteiger partial charge on any atom is 0.251 e. The summed E-state index contributed by atoms with van der Waals surface area (Å²) in [6.45, 7) is 4.72. The number of hydrogen-bond acceptors (Lipinski definition) is 2. The molecule has 1 atom stereocenters. The van der Waals surface area contributed by atoms with Crippen molar-refractivity contribution >= 4 is 5.91 Å². The second kappa shape index (κ2) is 8.20. The van der Waals surface area contributed by atoms with Crippen molar-refractivity contribution in [3.8, 4) is 18.1 Å². The Kier molecular flexibility index (Phi) is 6.52. The summed E-state index contributed by atoms with van der Waals surface area (Å²) in [6.07, 6.45) is 7.87. The molecule has 0 aromatic heterocycles. The Hall–Kier alpha value is -1.95. The normalized spacial score (nSPS) is 11.4. The van der Waals surface area contributed by atoms with Crippen molar-refractivity contribution in [3.05, 3.63) is 29.8 Å². The number of hydrogen-bond donors (Lipinski definition) is 1. The van der Waals surface area contributed by atoms with Crippen molar-refractivity contribution in [2.75, 3.05) is 6.61 Å². The molecule has 1 aromatic carbocycles. The lowest BCUT2D eigenvalue weighted by atomic mass is 10.1. The van der Waals surface area contributed by atoms with E-state index in [1.54, 1.807) is 12.1 Å². The summed E-state index contributed by atoms with van der Waals surface area (Å²) < 4.78 is 5.54. The molecule has 0 saturated heterocycles. The highest BCUT2D eigenvalue weighted by molar-refractivity contribution is 5.94. The van der Waals surface area contributed by atoms with Crippen molar-refractivity contribution < 1.29 is 9.53 Å². The van der Waals surface area contributed by atoms with Gasteiger partial charge in [0, 0.05) is 18.0 Å². The molecule has 102 valence electrons. The van der Waals surface area contributed by atoms with Crippen LogP contribution in [0.15, 0.2) is 24.3 Å². The van der Waals surface area contributed by atoms with Gasteiger partial charge in [0.2, 0.25) is 0 Å². The fraction of sp³-hybridized carbons (Fsp3) is 0.438. The van der Waals surface area contributed by atoms with Gasteiger partial charge in [0.05, 0.1) is 6.61 Å². The minimum atomic E-state index is -0.108. The highest BCUT2D eigenvalue weighted by Gasteiger charge is 2.08. The van der Waals surface area contributed by atoms with E-state index in [0.29, 0.717) is 18.6 Å². The summed E-state index contributed by atoms with van der Waals surface area (Å²) in [5.74, 6) is 3.21. The maximum absolute atomic E-state index is 11.9. The van der Waals surface area contributed by atoms with Gasteiger partial charge in [0.25, 0.3) is 5.91 Å². The standard InChI is InChI=1S/C16H21NO2/c1-4-6-12-19-15-10-8-14(9-11-15)16(18)17-13(3)7-5-2/h2,8-11,13H,4,6-7,12H2,1,3H3,(H,17,18). The summed E-state index contributed by atoms with van der Waals surface area (Å²) in [5, 5.41) is 2.85. The molecule has 0 spiro atoms. The van der Waals surface area contributed by atoms with Gasteiger partial charge < -0.3 is 10.1 Å². The Labute approximate surface area is 115 Å². The molecule has 1 rings (SSSR count). The summed E-state index contributed by atoms with van der Waals surface area (Å²) in [4.78, 5) is 11.9. The van der Waals surface area contributed by atoms with Crippen LogP contribution >= 0.6 is 0 Å². The van der Waals surface area contributed by atoms with E-state index in [0.717, 1.165) is 18.6 Å². The fourth-order valence-electron chi connectivity index (χ4n) is 1.57. The monoisotopic (exact) mass is 259 g/mol. The quantitative estimate of drug-likeness (QED) is 0.604. The first-order chi connectivity index (χ1) is 9.17. The summed E-state index contributed by atoms with van der Waals surface area (Å²) in [5.41, 5.74) is 0.617. The lowest BCUT2D eigenvalue weighted by molar-refractivity contribution is 0.0941. The SMILES string of the molecule is C#CCC(C)NC(=O)c1ccc(OCCCC)cc1. The maximum atomic E-state index is 11.9. The highest BCUT2D eigenvalue weighted by atomic mass is 16.5. The average molecular weight is 259 g/mol. The van der Waals surface area contributed by atoms with Crippen LogP contribution in [0.5, 0.6) is 5.75 Å². The lowest BCUT2D eigenvalue weighted by Crippen LogP contribution is -2.32. The molecule has 1 amide bonds. The van der Waals surface area contributed by atoms with Crippen LogP contribution in [0, 0.1) is 12.3 Å². The number of unbranched alkanes of at least 4 members (excludes halogenated alkanes) is 1. The molecule has 1 N–H and O–H groups in total. The third kappa shape index (κ3) is 5.48. The van der Waals surface area contributed by atoms with Gasteiger partial charge in [-0.3, -0.25) is 4.79 Å². The van der Waals surface area contributed by atoms with Gasteiger partial charge in [-0.1, -0.05) is 13.3 Å². The number of ether oxygens (including phenoxy) is 1. The second-order valence-corrected chi connectivity index (χ2v) is 4.51. The largest absolute Gasteiger partial charge is 0.494 e. The molecule has 0 fully saturated rings. The highest BCUT2D eigenvalue weighted by Crippen LogP contribution is 2.13. The number of carbonyl (C=O) groups excluding carboxylic acids is 1. The first kappa shape index (κ1) is 15.1. The van der Waals surface area contributed by atoms with Crippen molar-refractivity contribution in [1.29, 1.82) is 0 Å². The van der Waals surface area contributed by atoms with Gasteiger partial charge in [-0.2, -0.15) is 0 Å². The Bertz CT molecular complexity index is 431. The van der Waals surface area contributed by atoms with Gasteiger partial charge >= 0.3 is 0 Å². The number of amides is 1. The van der Waals surface area contributed by atoms with E-state index in [9.17, 15) is 4.79 Å². The van der Waals surface area contributed by atoms with Crippen LogP contribution in [0.1, 0.15) is 43.5 Å². The minimum Gasteiger partial charge on any atom is -0.494 e. The zero-order chi connectivity index (χ0) is 14.1. The van der Waals surface area contributed by atoms with E-state index in [4.69, 9.17) is 11.2 Å². The number of terminal acetylenes is 1. The molecule has 0 aliphatic carbocycles. The van der Waals surface area contributed by atoms with E-state index in [-0.39, 0.29) is 11.9 Å². The topological polar surface area (TPSA) is 38.3 Å². The number of rotatable bonds is 7. The van der Waals surface area contributed by atoms with Crippen molar-refractivity contribution in [1.82, 2.24) is 5.32 Å². The zero-order valence-corrected chi connectivity index (χ0v) is 11.6. The Balaban J connectivity index is 2.51. The molecule has 0 heterocycles. The van der Waals surface area contributed by atoms with Gasteiger partial charge in [0.15, 0.2) is 0 Å². The third-order valence-electron chi connectivity index (χ3n) is 2.68. The van der Waals surface area contributed by atoms with Crippen molar-refractivity contribution in [2.24, 2.45) is 0 Å². The molecule has 1 aromatic rings. The first-order valence-corrected chi connectivity index (χ1v) is 6.64. The van der Waals surface area contributed by atoms with Crippen LogP contribution < -0.4 is 10.1 Å². The van der Waals surface area contributed by atoms with Crippen LogP contribution in [0.3, 0.4) is 0 Å². The van der Waals surface area contributed by atoms with Crippen LogP contribution in [-0.4, -0.2) is 18.6 Å². The summed E-state index contributed by atoms with van der Waals surface area (Å²) >= 11 is 0. The van der Waals surface area contributed by atoms with Crippen LogP contribution in [0.2, 0.25) is 0 Å². The lowest BCUT2D eigenvalue weighted by Gasteiger charge is -2.11. The first-order valence-electron chi connectivity index (χ1n) is 6.64. The van der Waals surface area contributed by atoms with Gasteiger partial charge in [0.1, 0.15) is 5.75 Å². The molecule has 1 unspecified atom stereocenters. The van der Waals surface area contributed by atoms with E-state index < -0.39 is 0 Å². The van der Waals surface area contributed by atoms with Gasteiger partial charge in [-0.15, -0.1) is 12.3 Å². The molecule has 0 radical (unpaired) electrons. The van der Waals surface area contributed by atoms with Gasteiger partial charge in [-0.05, 0) is 37.6 Å². The molecule has 3 heteroatoms. The molecule has 0 bridgehead atoms. The predicted octanol–water partition coefficient (Wildman–Crippen LogP) is 3.01. The molecular formula is C16H21NO2. The van der Waals surface area contributed by atoms with Crippen LogP contribution in [0.4, 0.5) is 0 Å². The summed E-state index contributed by atoms with van der Waals surface area (Å²) in [7, 11) is 0. The summed E-state index contributed by atoms with van der Waals surface area (Å²) in [6, 6.07) is 7.14. The minimum absolute atomic E-state index is 0.0158. The van der Waals surface area contributed by atoms with E-state index in [2.05, 4.69) is 18.2 Å². The smallest absolute Gasteiger partial charge is 0.251 e. The Morgan fingerprint density at radius 3 is 2.68 bits per heavy atom. The molecule has 3 nitrogen and oxygen atoms in total.